The van der Waals surface area contributed by atoms with Crippen molar-refractivity contribution in [2.75, 3.05) is 0 Å². The molecule has 2 aromatic carbocycles. The molecule has 2 aromatic rings. The predicted octanol–water partition coefficient (Wildman–Crippen LogP) is 2.15. The summed E-state index contributed by atoms with van der Waals surface area (Å²) in [6, 6.07) is 4.58. The zero-order chi connectivity index (χ0) is 12.8. The van der Waals surface area contributed by atoms with Crippen molar-refractivity contribution in [3.05, 3.63) is 29.3 Å². The fraction of sp³-hybridized carbons (Fsp3) is 0. The Balaban J connectivity index is 2.87. The molecule has 0 spiro atoms. The third-order valence-electron chi connectivity index (χ3n) is 2.27. The molecule has 0 saturated carbocycles. The molecule has 0 amide bonds. The first-order valence-electron chi connectivity index (χ1n) is 4.42. The molecule has 0 unspecified atom stereocenters. The van der Waals surface area contributed by atoms with Gasteiger partial charge < -0.3 is 10.2 Å². The fourth-order valence-corrected chi connectivity index (χ4v) is 2.35. The van der Waals surface area contributed by atoms with Crippen LogP contribution in [0.25, 0.3) is 10.8 Å². The molecular weight excluding hydrogens is 268 g/mol. The van der Waals surface area contributed by atoms with Crippen LogP contribution in [-0.4, -0.2) is 23.2 Å². The molecular formula is C10H7ClO5S. The Hall–Kier alpha value is -1.50. The van der Waals surface area contributed by atoms with Crippen LogP contribution >= 0.6 is 11.6 Å². The van der Waals surface area contributed by atoms with E-state index in [0.717, 1.165) is 18.2 Å². The summed E-state index contributed by atoms with van der Waals surface area (Å²) in [4.78, 5) is -0.375. The summed E-state index contributed by atoms with van der Waals surface area (Å²) in [5, 5.41) is 19.3. The van der Waals surface area contributed by atoms with Crippen molar-refractivity contribution < 1.29 is 23.2 Å². The Morgan fingerprint density at radius 3 is 2.18 bits per heavy atom. The van der Waals surface area contributed by atoms with Gasteiger partial charge in [-0.2, -0.15) is 8.42 Å². The molecule has 2 rings (SSSR count). The number of hydrogen-bond donors (Lipinski definition) is 3. The molecule has 0 radical (unpaired) electrons. The van der Waals surface area contributed by atoms with E-state index >= 15 is 0 Å². The molecule has 0 atom stereocenters. The highest BCUT2D eigenvalue weighted by molar-refractivity contribution is 7.85. The molecule has 5 nitrogen and oxygen atoms in total. The van der Waals surface area contributed by atoms with Crippen LogP contribution in [0.5, 0.6) is 11.5 Å². The van der Waals surface area contributed by atoms with Crippen molar-refractivity contribution >= 4 is 32.5 Å². The Bertz CT molecular complexity index is 708. The normalized spacial score (nSPS) is 11.9. The molecule has 17 heavy (non-hydrogen) atoms. The van der Waals surface area contributed by atoms with Crippen LogP contribution in [0.1, 0.15) is 0 Å². The quantitative estimate of drug-likeness (QED) is 0.547. The van der Waals surface area contributed by atoms with Gasteiger partial charge in [0.2, 0.25) is 0 Å². The third kappa shape index (κ3) is 2.14. The van der Waals surface area contributed by atoms with E-state index in [2.05, 4.69) is 0 Å². The molecule has 7 heteroatoms. The Morgan fingerprint density at radius 2 is 1.59 bits per heavy atom. The second kappa shape index (κ2) is 3.76. The van der Waals surface area contributed by atoms with Gasteiger partial charge >= 0.3 is 0 Å². The second-order valence-electron chi connectivity index (χ2n) is 3.44. The van der Waals surface area contributed by atoms with E-state index in [1.165, 1.54) is 6.07 Å². The minimum atomic E-state index is -4.37. The minimum Gasteiger partial charge on any atom is -0.504 e. The molecule has 0 bridgehead atoms. The maximum absolute atomic E-state index is 11.0. The van der Waals surface area contributed by atoms with E-state index in [-0.39, 0.29) is 15.7 Å². The molecule has 0 aliphatic heterocycles. The Kier molecular flexibility index (Phi) is 2.65. The fourth-order valence-electron chi connectivity index (χ4n) is 1.47. The average Bonchev–Trinajstić information content (AvgIpc) is 2.19. The van der Waals surface area contributed by atoms with E-state index in [4.69, 9.17) is 16.2 Å². The van der Waals surface area contributed by atoms with Gasteiger partial charge in [-0.1, -0.05) is 11.6 Å². The first-order chi connectivity index (χ1) is 7.79. The van der Waals surface area contributed by atoms with Gasteiger partial charge in [0.25, 0.3) is 10.1 Å². The van der Waals surface area contributed by atoms with E-state index < -0.39 is 15.9 Å². The lowest BCUT2D eigenvalue weighted by atomic mass is 10.1. The predicted molar refractivity (Wildman–Crippen MR) is 62.1 cm³/mol. The van der Waals surface area contributed by atoms with Gasteiger partial charge in [0.05, 0.1) is 4.90 Å². The number of phenolic OH excluding ortho intramolecular Hbond substituents is 2. The van der Waals surface area contributed by atoms with Gasteiger partial charge in [-0.15, -0.1) is 0 Å². The van der Waals surface area contributed by atoms with Crippen molar-refractivity contribution in [3.8, 4) is 11.5 Å². The van der Waals surface area contributed by atoms with Crippen LogP contribution in [0.3, 0.4) is 0 Å². The number of rotatable bonds is 1. The van der Waals surface area contributed by atoms with Gasteiger partial charge in [0, 0.05) is 10.4 Å². The summed E-state index contributed by atoms with van der Waals surface area (Å²) in [6.45, 7) is 0. The van der Waals surface area contributed by atoms with Crippen molar-refractivity contribution in [1.82, 2.24) is 0 Å². The monoisotopic (exact) mass is 274 g/mol. The van der Waals surface area contributed by atoms with Crippen LogP contribution in [0, 0.1) is 0 Å². The summed E-state index contributed by atoms with van der Waals surface area (Å²) in [5.74, 6) is -0.764. The standard InChI is InChI=1S/C10H7ClO5S/c11-8-3-6(17(14,15)16)1-5-2-9(12)10(13)4-7(5)8/h1-4,12-13H,(H,14,15,16). The highest BCUT2D eigenvalue weighted by atomic mass is 35.5. The lowest BCUT2D eigenvalue weighted by Gasteiger charge is -2.06. The van der Waals surface area contributed by atoms with Crippen LogP contribution < -0.4 is 0 Å². The van der Waals surface area contributed by atoms with Crippen LogP contribution in [0.15, 0.2) is 29.2 Å². The molecule has 0 aliphatic carbocycles. The van der Waals surface area contributed by atoms with Gasteiger partial charge in [-0.25, -0.2) is 0 Å². The number of fused-ring (bicyclic) bond motifs is 1. The largest absolute Gasteiger partial charge is 0.504 e. The van der Waals surface area contributed by atoms with E-state index in [1.807, 2.05) is 0 Å². The van der Waals surface area contributed by atoms with Crippen LogP contribution in [0.2, 0.25) is 5.02 Å². The molecule has 90 valence electrons. The molecule has 0 heterocycles. The Morgan fingerprint density at radius 1 is 1.00 bits per heavy atom. The maximum Gasteiger partial charge on any atom is 0.294 e. The number of aromatic hydroxyl groups is 2. The topological polar surface area (TPSA) is 94.8 Å². The molecule has 0 aromatic heterocycles. The Labute approximate surface area is 102 Å². The molecule has 3 N–H and O–H groups in total. The number of phenols is 2. The average molecular weight is 275 g/mol. The maximum atomic E-state index is 11.0. The third-order valence-corrected chi connectivity index (χ3v) is 3.41. The van der Waals surface area contributed by atoms with Crippen LogP contribution in [-0.2, 0) is 10.1 Å². The van der Waals surface area contributed by atoms with Crippen molar-refractivity contribution in [2.45, 2.75) is 4.90 Å². The first-order valence-corrected chi connectivity index (χ1v) is 6.23. The van der Waals surface area contributed by atoms with Gasteiger partial charge in [0.15, 0.2) is 11.5 Å². The number of halogens is 1. The summed E-state index contributed by atoms with van der Waals surface area (Å²) >= 11 is 5.82. The zero-order valence-electron chi connectivity index (χ0n) is 8.25. The smallest absolute Gasteiger partial charge is 0.294 e. The van der Waals surface area contributed by atoms with E-state index in [9.17, 15) is 18.6 Å². The van der Waals surface area contributed by atoms with E-state index in [0.29, 0.717) is 10.8 Å². The van der Waals surface area contributed by atoms with Gasteiger partial charge in [-0.3, -0.25) is 4.55 Å². The van der Waals surface area contributed by atoms with Crippen LogP contribution in [0.4, 0.5) is 0 Å². The zero-order valence-corrected chi connectivity index (χ0v) is 9.83. The summed E-state index contributed by atoms with van der Waals surface area (Å²) in [5.41, 5.74) is 0. The minimum absolute atomic E-state index is 0.0467. The number of hydrogen-bond acceptors (Lipinski definition) is 4. The number of benzene rings is 2. The molecule has 0 aliphatic rings. The lowest BCUT2D eigenvalue weighted by Crippen LogP contribution is -1.97. The van der Waals surface area contributed by atoms with Gasteiger partial charge in [-0.05, 0) is 29.7 Å². The van der Waals surface area contributed by atoms with E-state index in [1.54, 1.807) is 0 Å². The first kappa shape index (κ1) is 12.0. The second-order valence-corrected chi connectivity index (χ2v) is 5.27. The van der Waals surface area contributed by atoms with Crippen molar-refractivity contribution in [2.24, 2.45) is 0 Å². The molecule has 0 fully saturated rings. The SMILES string of the molecule is O=S(=O)(O)c1cc(Cl)c2cc(O)c(O)cc2c1. The highest BCUT2D eigenvalue weighted by Gasteiger charge is 2.14. The van der Waals surface area contributed by atoms with Crippen molar-refractivity contribution in [3.63, 3.8) is 0 Å². The molecule has 0 saturated heterocycles. The summed E-state index contributed by atoms with van der Waals surface area (Å²) in [6.07, 6.45) is 0. The summed E-state index contributed by atoms with van der Waals surface area (Å²) in [7, 11) is -4.37. The van der Waals surface area contributed by atoms with Gasteiger partial charge in [0.1, 0.15) is 0 Å². The van der Waals surface area contributed by atoms with Crippen molar-refractivity contribution in [1.29, 1.82) is 0 Å². The highest BCUT2D eigenvalue weighted by Crippen LogP contribution is 2.35. The summed E-state index contributed by atoms with van der Waals surface area (Å²) < 4.78 is 30.8. The lowest BCUT2D eigenvalue weighted by molar-refractivity contribution is 0.405.